The van der Waals surface area contributed by atoms with Crippen molar-refractivity contribution in [3.8, 4) is 0 Å². The van der Waals surface area contributed by atoms with Crippen LogP contribution in [-0.2, 0) is 0 Å². The van der Waals surface area contributed by atoms with Crippen molar-refractivity contribution >= 4 is 28.1 Å². The summed E-state index contributed by atoms with van der Waals surface area (Å²) in [5.41, 5.74) is 1.39. The minimum absolute atomic E-state index is 0.113. The Labute approximate surface area is 168 Å². The normalized spacial score (nSPS) is 19.1. The summed E-state index contributed by atoms with van der Waals surface area (Å²) in [6.07, 6.45) is 4.20. The molecule has 4 rings (SSSR count). The Morgan fingerprint density at radius 1 is 1.38 bits per heavy atom. The maximum atomic E-state index is 15.4. The Morgan fingerprint density at radius 2 is 2.10 bits per heavy atom. The molecular weight excluding hydrogens is 373 g/mol. The van der Waals surface area contributed by atoms with Crippen LogP contribution in [0.5, 0.6) is 0 Å². The Morgan fingerprint density at radius 3 is 2.69 bits per heavy atom. The maximum absolute atomic E-state index is 15.4. The van der Waals surface area contributed by atoms with Gasteiger partial charge in [0.15, 0.2) is 0 Å². The standard InChI is InChI=1S/C22H26FN3O3/c1-12(2)18-19-15(21(27)16(22(28)29)11-26(19)14-4-5-14)8-17(23)20(18)25-7-6-13(10-25)9-24-3/h8,11,13-14,24H,1,4-7,9-10H2,2-3H3,(H,28,29). The van der Waals surface area contributed by atoms with E-state index in [1.165, 1.54) is 12.3 Å². The molecule has 2 N–H and O–H groups in total. The van der Waals surface area contributed by atoms with Crippen LogP contribution in [0.1, 0.15) is 48.1 Å². The lowest BCUT2D eigenvalue weighted by Crippen LogP contribution is -2.27. The van der Waals surface area contributed by atoms with Gasteiger partial charge in [0, 0.05) is 30.9 Å². The number of aromatic carboxylic acids is 1. The SMILES string of the molecule is C=C(C)c1c(N2CCC(CNC)C2)c(F)cc2c(=O)c(C(=O)O)cn(C3CC3)c12. The molecule has 1 aromatic carbocycles. The summed E-state index contributed by atoms with van der Waals surface area (Å²) in [5.74, 6) is -1.36. The molecule has 2 aromatic rings. The summed E-state index contributed by atoms with van der Waals surface area (Å²) in [5, 5.41) is 12.8. The van der Waals surface area contributed by atoms with Gasteiger partial charge >= 0.3 is 5.97 Å². The van der Waals surface area contributed by atoms with E-state index in [0.717, 1.165) is 38.9 Å². The molecule has 1 unspecified atom stereocenters. The molecule has 0 spiro atoms. The van der Waals surface area contributed by atoms with Gasteiger partial charge in [-0.05, 0) is 57.3 Å². The van der Waals surface area contributed by atoms with E-state index in [2.05, 4.69) is 11.9 Å². The highest BCUT2D eigenvalue weighted by atomic mass is 19.1. The fraction of sp³-hybridized carbons (Fsp3) is 0.455. The van der Waals surface area contributed by atoms with E-state index in [4.69, 9.17) is 0 Å². The number of hydrogen-bond acceptors (Lipinski definition) is 4. The number of rotatable bonds is 6. The van der Waals surface area contributed by atoms with Crippen LogP contribution in [0.4, 0.5) is 10.1 Å². The Bertz CT molecular complexity index is 1070. The predicted octanol–water partition coefficient (Wildman–Crippen LogP) is 3.25. The zero-order valence-corrected chi connectivity index (χ0v) is 16.8. The largest absolute Gasteiger partial charge is 0.477 e. The van der Waals surface area contributed by atoms with Crippen LogP contribution in [0.15, 0.2) is 23.6 Å². The number of benzene rings is 1. The van der Waals surface area contributed by atoms with Gasteiger partial charge < -0.3 is 19.9 Å². The van der Waals surface area contributed by atoms with Crippen LogP contribution in [-0.4, -0.2) is 42.3 Å². The number of nitrogens with one attached hydrogen (secondary N) is 1. The lowest BCUT2D eigenvalue weighted by Gasteiger charge is -2.26. The van der Waals surface area contributed by atoms with Crippen molar-refractivity contribution in [2.75, 3.05) is 31.6 Å². The van der Waals surface area contributed by atoms with Crippen LogP contribution in [0.3, 0.4) is 0 Å². The van der Waals surface area contributed by atoms with Gasteiger partial charge in [-0.3, -0.25) is 4.79 Å². The molecule has 0 bridgehead atoms. The van der Waals surface area contributed by atoms with Crippen molar-refractivity contribution in [1.82, 2.24) is 9.88 Å². The highest BCUT2D eigenvalue weighted by molar-refractivity contribution is 6.00. The molecule has 2 heterocycles. The van der Waals surface area contributed by atoms with Gasteiger partial charge in [0.05, 0.1) is 16.6 Å². The van der Waals surface area contributed by atoms with Gasteiger partial charge in [-0.1, -0.05) is 6.58 Å². The van der Waals surface area contributed by atoms with E-state index in [1.54, 1.807) is 0 Å². The van der Waals surface area contributed by atoms with Crippen molar-refractivity contribution in [3.05, 3.63) is 46.0 Å². The third-order valence-corrected chi connectivity index (χ3v) is 5.93. The molecule has 2 fully saturated rings. The molecule has 1 aliphatic heterocycles. The number of carbonyl (C=O) groups is 1. The molecule has 154 valence electrons. The fourth-order valence-electron chi connectivity index (χ4n) is 4.48. The second kappa shape index (κ2) is 7.30. The quantitative estimate of drug-likeness (QED) is 0.780. The van der Waals surface area contributed by atoms with Gasteiger partial charge in [0.25, 0.3) is 0 Å². The van der Waals surface area contributed by atoms with Gasteiger partial charge in [0.1, 0.15) is 11.4 Å². The molecule has 2 aliphatic rings. The number of pyridine rings is 1. The zero-order valence-electron chi connectivity index (χ0n) is 16.8. The predicted molar refractivity (Wildman–Crippen MR) is 112 cm³/mol. The number of allylic oxidation sites excluding steroid dienone is 1. The summed E-state index contributed by atoms with van der Waals surface area (Å²) >= 11 is 0. The van der Waals surface area contributed by atoms with Crippen molar-refractivity contribution in [1.29, 1.82) is 0 Å². The van der Waals surface area contributed by atoms with Crippen molar-refractivity contribution in [2.45, 2.75) is 32.2 Å². The number of halogens is 1. The number of carboxylic acids is 1. The maximum Gasteiger partial charge on any atom is 0.341 e. The van der Waals surface area contributed by atoms with E-state index in [-0.39, 0.29) is 17.0 Å². The van der Waals surface area contributed by atoms with Gasteiger partial charge in [-0.2, -0.15) is 0 Å². The number of aromatic nitrogens is 1. The number of hydrogen-bond donors (Lipinski definition) is 2. The molecule has 1 saturated carbocycles. The highest BCUT2D eigenvalue weighted by Crippen LogP contribution is 2.42. The molecular formula is C22H26FN3O3. The van der Waals surface area contributed by atoms with Crippen molar-refractivity contribution < 1.29 is 14.3 Å². The zero-order chi connectivity index (χ0) is 20.9. The van der Waals surface area contributed by atoms with E-state index < -0.39 is 17.2 Å². The first-order valence-corrected chi connectivity index (χ1v) is 10.0. The van der Waals surface area contributed by atoms with Crippen molar-refractivity contribution in [2.24, 2.45) is 5.92 Å². The van der Waals surface area contributed by atoms with Gasteiger partial charge in [0.2, 0.25) is 5.43 Å². The first-order chi connectivity index (χ1) is 13.8. The summed E-state index contributed by atoms with van der Waals surface area (Å²) in [6, 6.07) is 1.35. The first kappa shape index (κ1) is 19.6. The summed E-state index contributed by atoms with van der Waals surface area (Å²) in [4.78, 5) is 26.5. The molecule has 0 radical (unpaired) electrons. The average Bonchev–Trinajstić information content (AvgIpc) is 3.40. The van der Waals surface area contributed by atoms with E-state index in [9.17, 15) is 14.7 Å². The third-order valence-electron chi connectivity index (χ3n) is 5.93. The van der Waals surface area contributed by atoms with Crippen LogP contribution in [0.25, 0.3) is 16.5 Å². The Kier molecular flexibility index (Phi) is 4.94. The average molecular weight is 399 g/mol. The Hall–Kier alpha value is -2.67. The van der Waals surface area contributed by atoms with E-state index in [0.29, 0.717) is 28.3 Å². The molecule has 1 atom stereocenters. The van der Waals surface area contributed by atoms with Gasteiger partial charge in [-0.25, -0.2) is 9.18 Å². The minimum Gasteiger partial charge on any atom is -0.477 e. The van der Waals surface area contributed by atoms with E-state index in [1.807, 2.05) is 23.4 Å². The smallest absolute Gasteiger partial charge is 0.341 e. The minimum atomic E-state index is -1.29. The lowest BCUT2D eigenvalue weighted by molar-refractivity contribution is 0.0695. The molecule has 1 saturated heterocycles. The number of carboxylic acid groups (broad SMARTS) is 1. The van der Waals surface area contributed by atoms with Crippen LogP contribution >= 0.6 is 0 Å². The summed E-state index contributed by atoms with van der Waals surface area (Å²) in [6.45, 7) is 8.21. The second-order valence-electron chi connectivity index (χ2n) is 8.23. The molecule has 29 heavy (non-hydrogen) atoms. The molecule has 7 heteroatoms. The number of anilines is 1. The van der Waals surface area contributed by atoms with Crippen LogP contribution in [0, 0.1) is 11.7 Å². The number of nitrogens with zero attached hydrogens (tertiary/aromatic N) is 2. The second-order valence-corrected chi connectivity index (χ2v) is 8.23. The van der Waals surface area contributed by atoms with Crippen molar-refractivity contribution in [3.63, 3.8) is 0 Å². The lowest BCUT2D eigenvalue weighted by atomic mass is 9.98. The molecule has 0 amide bonds. The monoisotopic (exact) mass is 399 g/mol. The van der Waals surface area contributed by atoms with Crippen LogP contribution < -0.4 is 15.6 Å². The molecule has 1 aliphatic carbocycles. The highest BCUT2D eigenvalue weighted by Gasteiger charge is 2.32. The Balaban J connectivity index is 2.00. The third kappa shape index (κ3) is 3.33. The van der Waals surface area contributed by atoms with Crippen LogP contribution in [0.2, 0.25) is 0 Å². The summed E-state index contributed by atoms with van der Waals surface area (Å²) < 4.78 is 17.2. The van der Waals surface area contributed by atoms with Gasteiger partial charge in [-0.15, -0.1) is 0 Å². The fourth-order valence-corrected chi connectivity index (χ4v) is 4.48. The van der Waals surface area contributed by atoms with E-state index >= 15 is 4.39 Å². The molecule has 1 aromatic heterocycles. The summed E-state index contributed by atoms with van der Waals surface area (Å²) in [7, 11) is 1.91. The first-order valence-electron chi connectivity index (χ1n) is 10.0. The molecule has 6 nitrogen and oxygen atoms in total. The topological polar surface area (TPSA) is 74.6 Å². The number of fused-ring (bicyclic) bond motifs is 1.